The Bertz CT molecular complexity index is 1210. The van der Waals surface area contributed by atoms with E-state index in [4.69, 9.17) is 0 Å². The second kappa shape index (κ2) is 10.7. The van der Waals surface area contributed by atoms with E-state index < -0.39 is 0 Å². The van der Waals surface area contributed by atoms with Crippen LogP contribution in [0.15, 0.2) is 60.9 Å². The number of para-hydroxylation sites is 1. The third-order valence-corrected chi connectivity index (χ3v) is 7.70. The summed E-state index contributed by atoms with van der Waals surface area (Å²) in [6, 6.07) is 16.9. The molecule has 3 aromatic rings. The number of fused-ring (bicyclic) bond motifs is 1. The summed E-state index contributed by atoms with van der Waals surface area (Å²) in [5.41, 5.74) is 4.84. The Labute approximate surface area is 213 Å². The lowest BCUT2D eigenvalue weighted by Gasteiger charge is -2.32. The van der Waals surface area contributed by atoms with Crippen molar-refractivity contribution >= 4 is 17.5 Å². The summed E-state index contributed by atoms with van der Waals surface area (Å²) in [5, 5.41) is 0. The summed E-state index contributed by atoms with van der Waals surface area (Å²) in [5.74, 6) is 2.12. The van der Waals surface area contributed by atoms with Gasteiger partial charge in [0.15, 0.2) is 0 Å². The second-order valence-electron chi connectivity index (χ2n) is 10.4. The van der Waals surface area contributed by atoms with E-state index in [0.717, 1.165) is 50.4 Å². The summed E-state index contributed by atoms with van der Waals surface area (Å²) >= 11 is 0. The third kappa shape index (κ3) is 5.23. The highest BCUT2D eigenvalue weighted by atomic mass is 16.2. The fraction of sp³-hybridized carbons (Fsp3) is 0.433. The van der Waals surface area contributed by atoms with Crippen molar-refractivity contribution < 1.29 is 9.59 Å². The minimum atomic E-state index is 0.0478. The van der Waals surface area contributed by atoms with Gasteiger partial charge < -0.3 is 14.4 Å². The normalized spacial score (nSPS) is 16.0. The molecule has 188 valence electrons. The average molecular weight is 485 g/mol. The van der Waals surface area contributed by atoms with Crippen LogP contribution < -0.4 is 4.90 Å². The standard InChI is InChI=1S/C30H36N4O2/c1-22(2)24-9-7-23(8-10-24)21-33-20-16-31-30(33)26-13-17-32(18-14-26)28(35)11-12-29(36)34-19-15-25-5-3-4-6-27(25)34/h3-10,16,20,22,26H,11-15,17-19,21H2,1-2H3. The largest absolute Gasteiger partial charge is 0.343 e. The zero-order valence-electron chi connectivity index (χ0n) is 21.4. The lowest BCUT2D eigenvalue weighted by Crippen LogP contribution is -2.39. The predicted octanol–water partition coefficient (Wildman–Crippen LogP) is 5.13. The Morgan fingerprint density at radius 1 is 0.944 bits per heavy atom. The first-order chi connectivity index (χ1) is 17.5. The molecule has 0 saturated carbocycles. The maximum Gasteiger partial charge on any atom is 0.227 e. The van der Waals surface area contributed by atoms with Gasteiger partial charge in [0.1, 0.15) is 5.82 Å². The van der Waals surface area contributed by atoms with Crippen molar-refractivity contribution in [1.82, 2.24) is 14.5 Å². The molecule has 36 heavy (non-hydrogen) atoms. The monoisotopic (exact) mass is 484 g/mol. The topological polar surface area (TPSA) is 58.4 Å². The van der Waals surface area contributed by atoms with E-state index in [-0.39, 0.29) is 24.7 Å². The highest BCUT2D eigenvalue weighted by Crippen LogP contribution is 2.30. The molecule has 1 fully saturated rings. The molecule has 6 heteroatoms. The third-order valence-electron chi connectivity index (χ3n) is 7.70. The Morgan fingerprint density at radius 2 is 1.67 bits per heavy atom. The van der Waals surface area contributed by atoms with Gasteiger partial charge in [-0.25, -0.2) is 4.98 Å². The van der Waals surface area contributed by atoms with Crippen LogP contribution in [-0.4, -0.2) is 45.9 Å². The van der Waals surface area contributed by atoms with Crippen LogP contribution in [0.5, 0.6) is 0 Å². The second-order valence-corrected chi connectivity index (χ2v) is 10.4. The van der Waals surface area contributed by atoms with E-state index in [9.17, 15) is 9.59 Å². The first-order valence-electron chi connectivity index (χ1n) is 13.3. The number of carbonyl (C=O) groups is 2. The van der Waals surface area contributed by atoms with Crippen LogP contribution in [0.4, 0.5) is 5.69 Å². The minimum absolute atomic E-state index is 0.0478. The number of likely N-dealkylation sites (tertiary alicyclic amines) is 1. The van der Waals surface area contributed by atoms with Crippen molar-refractivity contribution in [1.29, 1.82) is 0 Å². The molecule has 3 heterocycles. The van der Waals surface area contributed by atoms with E-state index in [1.807, 2.05) is 34.2 Å². The summed E-state index contributed by atoms with van der Waals surface area (Å²) < 4.78 is 2.25. The number of benzene rings is 2. The molecular weight excluding hydrogens is 448 g/mol. The Kier molecular flexibility index (Phi) is 7.21. The molecule has 0 aliphatic carbocycles. The lowest BCUT2D eigenvalue weighted by atomic mass is 9.95. The number of imidazole rings is 1. The molecule has 0 N–H and O–H groups in total. The van der Waals surface area contributed by atoms with Crippen molar-refractivity contribution in [3.05, 3.63) is 83.4 Å². The first-order valence-corrected chi connectivity index (χ1v) is 13.3. The quantitative estimate of drug-likeness (QED) is 0.467. The van der Waals surface area contributed by atoms with Gasteiger partial charge >= 0.3 is 0 Å². The van der Waals surface area contributed by atoms with Crippen LogP contribution >= 0.6 is 0 Å². The van der Waals surface area contributed by atoms with Gasteiger partial charge in [-0.3, -0.25) is 9.59 Å². The van der Waals surface area contributed by atoms with Crippen LogP contribution in [0.2, 0.25) is 0 Å². The van der Waals surface area contributed by atoms with Gasteiger partial charge in [0, 0.05) is 63.0 Å². The number of rotatable bonds is 7. The van der Waals surface area contributed by atoms with Crippen LogP contribution in [0.25, 0.3) is 0 Å². The van der Waals surface area contributed by atoms with Crippen molar-refractivity contribution in [2.24, 2.45) is 0 Å². The van der Waals surface area contributed by atoms with E-state index in [1.54, 1.807) is 0 Å². The molecule has 0 bridgehead atoms. The molecular formula is C30H36N4O2. The number of aromatic nitrogens is 2. The molecule has 2 aliphatic heterocycles. The molecule has 5 rings (SSSR count). The highest BCUT2D eigenvalue weighted by molar-refractivity contribution is 5.97. The molecule has 0 atom stereocenters. The molecule has 6 nitrogen and oxygen atoms in total. The van der Waals surface area contributed by atoms with Crippen LogP contribution in [0.3, 0.4) is 0 Å². The number of amides is 2. The van der Waals surface area contributed by atoms with Crippen LogP contribution in [0.1, 0.15) is 73.9 Å². The predicted molar refractivity (Wildman–Crippen MR) is 142 cm³/mol. The first kappa shape index (κ1) is 24.3. The molecule has 2 aliphatic rings. The number of nitrogens with zero attached hydrogens (tertiary/aromatic N) is 4. The average Bonchev–Trinajstić information content (AvgIpc) is 3.55. The Hall–Kier alpha value is -3.41. The number of piperidine rings is 1. The van der Waals surface area contributed by atoms with Gasteiger partial charge in [0.2, 0.25) is 11.8 Å². The number of anilines is 1. The smallest absolute Gasteiger partial charge is 0.227 e. The van der Waals surface area contributed by atoms with Crippen LogP contribution in [-0.2, 0) is 22.6 Å². The molecule has 2 aromatic carbocycles. The lowest BCUT2D eigenvalue weighted by molar-refractivity contribution is -0.134. The van der Waals surface area contributed by atoms with Gasteiger partial charge in [0.05, 0.1) is 0 Å². The summed E-state index contributed by atoms with van der Waals surface area (Å²) in [6.07, 6.45) is 7.20. The number of hydrogen-bond acceptors (Lipinski definition) is 3. The highest BCUT2D eigenvalue weighted by Gasteiger charge is 2.28. The summed E-state index contributed by atoms with van der Waals surface area (Å²) in [7, 11) is 0. The maximum atomic E-state index is 12.9. The molecule has 1 saturated heterocycles. The fourth-order valence-corrected chi connectivity index (χ4v) is 5.51. The van der Waals surface area contributed by atoms with Gasteiger partial charge in [-0.15, -0.1) is 0 Å². The minimum Gasteiger partial charge on any atom is -0.343 e. The van der Waals surface area contributed by atoms with Gasteiger partial charge in [-0.1, -0.05) is 56.3 Å². The van der Waals surface area contributed by atoms with Crippen molar-refractivity contribution in [2.45, 2.75) is 64.3 Å². The summed E-state index contributed by atoms with van der Waals surface area (Å²) in [4.78, 5) is 34.1. The van der Waals surface area contributed by atoms with Crippen molar-refractivity contribution in [3.8, 4) is 0 Å². The number of carbonyl (C=O) groups excluding carboxylic acids is 2. The van der Waals surface area contributed by atoms with Crippen molar-refractivity contribution in [3.63, 3.8) is 0 Å². The maximum absolute atomic E-state index is 12.9. The van der Waals surface area contributed by atoms with E-state index in [0.29, 0.717) is 18.4 Å². The SMILES string of the molecule is CC(C)c1ccc(Cn2ccnc2C2CCN(C(=O)CCC(=O)N3CCc4ccccc43)CC2)cc1. The molecule has 2 amide bonds. The fourth-order valence-electron chi connectivity index (χ4n) is 5.51. The van der Waals surface area contributed by atoms with Gasteiger partial charge in [-0.05, 0) is 47.9 Å². The zero-order valence-corrected chi connectivity index (χ0v) is 21.4. The van der Waals surface area contributed by atoms with Gasteiger partial charge in [-0.2, -0.15) is 0 Å². The van der Waals surface area contributed by atoms with E-state index in [2.05, 4.69) is 59.9 Å². The number of hydrogen-bond donors (Lipinski definition) is 0. The van der Waals surface area contributed by atoms with Gasteiger partial charge in [0.25, 0.3) is 0 Å². The van der Waals surface area contributed by atoms with E-state index >= 15 is 0 Å². The molecule has 0 unspecified atom stereocenters. The Balaban J connectivity index is 1.12. The van der Waals surface area contributed by atoms with Crippen LogP contribution in [0, 0.1) is 0 Å². The Morgan fingerprint density at radius 3 is 2.42 bits per heavy atom. The summed E-state index contributed by atoms with van der Waals surface area (Å²) in [6.45, 7) is 7.40. The molecule has 1 aromatic heterocycles. The molecule has 0 spiro atoms. The van der Waals surface area contributed by atoms with Crippen molar-refractivity contribution in [2.75, 3.05) is 24.5 Å². The molecule has 0 radical (unpaired) electrons. The zero-order chi connectivity index (χ0) is 25.1. The van der Waals surface area contributed by atoms with E-state index in [1.165, 1.54) is 16.7 Å².